The van der Waals surface area contributed by atoms with E-state index in [1.54, 1.807) is 0 Å². The minimum Gasteiger partial charge on any atom is -0.504 e. The number of phenolic OH excluding ortho intramolecular Hbond substituents is 2. The van der Waals surface area contributed by atoms with Gasteiger partial charge < -0.3 is 20.2 Å². The van der Waals surface area contributed by atoms with Gasteiger partial charge in [-0.2, -0.15) is 13.2 Å². The fraction of sp³-hybridized carbons (Fsp3) is 0.273. The van der Waals surface area contributed by atoms with E-state index in [1.807, 2.05) is 0 Å². The van der Waals surface area contributed by atoms with Gasteiger partial charge in [-0.3, -0.25) is 9.59 Å². The van der Waals surface area contributed by atoms with Gasteiger partial charge in [0.25, 0.3) is 5.91 Å². The average Bonchev–Trinajstić information content (AvgIpc) is 2.28. The number of rotatable bonds is 4. The van der Waals surface area contributed by atoms with Gasteiger partial charge in [0.05, 0.1) is 0 Å². The highest BCUT2D eigenvalue weighted by Gasteiger charge is 2.34. The van der Waals surface area contributed by atoms with Crippen molar-refractivity contribution in [2.45, 2.75) is 6.18 Å². The molecule has 6 nitrogen and oxygen atoms in total. The molecular weight excluding hydrogens is 283 g/mol. The molecule has 0 saturated carbocycles. The van der Waals surface area contributed by atoms with Gasteiger partial charge in [-0.15, -0.1) is 0 Å². The minimum absolute atomic E-state index is 0.0775. The molecule has 3 N–H and O–H groups in total. The summed E-state index contributed by atoms with van der Waals surface area (Å²) < 4.78 is 36.9. The summed E-state index contributed by atoms with van der Waals surface area (Å²) >= 11 is 0. The van der Waals surface area contributed by atoms with Crippen molar-refractivity contribution < 1.29 is 38.1 Å². The van der Waals surface area contributed by atoms with Crippen molar-refractivity contribution in [3.8, 4) is 11.5 Å². The first-order valence-corrected chi connectivity index (χ1v) is 5.20. The predicted octanol–water partition coefficient (Wildman–Crippen LogP) is 1.19. The van der Waals surface area contributed by atoms with Crippen molar-refractivity contribution in [2.24, 2.45) is 0 Å². The number of carbonyl (C=O) groups excluding carboxylic acids is 1. The summed E-state index contributed by atoms with van der Waals surface area (Å²) in [5, 5.41) is 26.8. The lowest BCUT2D eigenvalue weighted by atomic mass is 10.1. The van der Waals surface area contributed by atoms with Crippen LogP contribution in [0.25, 0.3) is 0 Å². The van der Waals surface area contributed by atoms with Crippen LogP contribution in [0.2, 0.25) is 0 Å². The van der Waals surface area contributed by atoms with Crippen molar-refractivity contribution in [1.29, 1.82) is 0 Å². The summed E-state index contributed by atoms with van der Waals surface area (Å²) in [6, 6.07) is 2.64. The number of hydrogen-bond acceptors (Lipinski definition) is 4. The fourth-order valence-corrected chi connectivity index (χ4v) is 1.42. The molecule has 0 aromatic heterocycles. The van der Waals surface area contributed by atoms with E-state index in [2.05, 4.69) is 0 Å². The van der Waals surface area contributed by atoms with Crippen molar-refractivity contribution in [3.05, 3.63) is 23.8 Å². The first kappa shape index (κ1) is 15.6. The highest BCUT2D eigenvalue weighted by molar-refractivity contribution is 5.96. The van der Waals surface area contributed by atoms with Gasteiger partial charge in [-0.25, -0.2) is 0 Å². The third-order valence-corrected chi connectivity index (χ3v) is 2.21. The maximum absolute atomic E-state index is 12.3. The molecule has 0 radical (unpaired) electrons. The molecule has 0 aliphatic rings. The van der Waals surface area contributed by atoms with Gasteiger partial charge in [-0.1, -0.05) is 0 Å². The summed E-state index contributed by atoms with van der Waals surface area (Å²) in [5.41, 5.74) is -0.370. The van der Waals surface area contributed by atoms with Crippen LogP contribution in [0.15, 0.2) is 18.2 Å². The molecule has 0 heterocycles. The molecule has 1 rings (SSSR count). The number of aromatic hydroxyl groups is 2. The summed E-state index contributed by atoms with van der Waals surface area (Å²) in [4.78, 5) is 22.4. The van der Waals surface area contributed by atoms with Gasteiger partial charge in [0.1, 0.15) is 13.1 Å². The maximum atomic E-state index is 12.3. The second-order valence-electron chi connectivity index (χ2n) is 3.87. The molecule has 110 valence electrons. The number of hydrogen-bond donors (Lipinski definition) is 3. The molecule has 0 spiro atoms. The number of carboxylic acid groups (broad SMARTS) is 1. The Labute approximate surface area is 110 Å². The smallest absolute Gasteiger partial charge is 0.406 e. The number of carboxylic acids is 1. The zero-order valence-electron chi connectivity index (χ0n) is 9.89. The van der Waals surface area contributed by atoms with E-state index in [4.69, 9.17) is 10.2 Å². The molecule has 0 aliphatic carbocycles. The number of nitrogens with zero attached hydrogens (tertiary/aromatic N) is 1. The van der Waals surface area contributed by atoms with Crippen molar-refractivity contribution >= 4 is 11.9 Å². The summed E-state index contributed by atoms with van der Waals surface area (Å²) in [7, 11) is 0. The average molecular weight is 293 g/mol. The Kier molecular flexibility index (Phi) is 4.43. The number of phenols is 2. The van der Waals surface area contributed by atoms with Crippen molar-refractivity contribution in [3.63, 3.8) is 0 Å². The monoisotopic (exact) mass is 293 g/mol. The van der Waals surface area contributed by atoms with Crippen LogP contribution in [-0.2, 0) is 4.79 Å². The van der Waals surface area contributed by atoms with E-state index in [-0.39, 0.29) is 10.5 Å². The zero-order chi connectivity index (χ0) is 15.5. The van der Waals surface area contributed by atoms with Crippen LogP contribution in [0.5, 0.6) is 11.5 Å². The Balaban J connectivity index is 3.02. The number of carbonyl (C=O) groups is 2. The SMILES string of the molecule is O=C(O)CN(CC(F)(F)F)C(=O)c1ccc(O)c(O)c1. The number of aliphatic carboxylic acids is 1. The summed E-state index contributed by atoms with van der Waals surface area (Å²) in [6.07, 6.45) is -4.76. The quantitative estimate of drug-likeness (QED) is 0.724. The van der Waals surface area contributed by atoms with E-state index in [9.17, 15) is 27.9 Å². The van der Waals surface area contributed by atoms with Crippen LogP contribution in [0.3, 0.4) is 0 Å². The first-order chi connectivity index (χ1) is 9.10. The van der Waals surface area contributed by atoms with E-state index >= 15 is 0 Å². The molecular formula is C11H10F3NO5. The molecule has 1 aromatic rings. The predicted molar refractivity (Wildman–Crippen MR) is 59.4 cm³/mol. The van der Waals surface area contributed by atoms with Gasteiger partial charge in [0.15, 0.2) is 11.5 Å². The minimum atomic E-state index is -4.76. The largest absolute Gasteiger partial charge is 0.504 e. The third kappa shape index (κ3) is 4.34. The third-order valence-electron chi connectivity index (χ3n) is 2.21. The molecule has 1 amide bonds. The van der Waals surface area contributed by atoms with Crippen LogP contribution in [0, 0.1) is 0 Å². The van der Waals surface area contributed by atoms with Gasteiger partial charge in [0, 0.05) is 5.56 Å². The van der Waals surface area contributed by atoms with E-state index in [1.165, 1.54) is 0 Å². The number of amides is 1. The second kappa shape index (κ2) is 5.68. The van der Waals surface area contributed by atoms with Crippen LogP contribution in [0.1, 0.15) is 10.4 Å². The normalized spacial score (nSPS) is 11.2. The molecule has 9 heteroatoms. The standard InChI is InChI=1S/C11H10F3NO5/c12-11(13,14)5-15(4-9(18)19)10(20)6-1-2-7(16)8(17)3-6/h1-3,16-17H,4-5H2,(H,18,19). The van der Waals surface area contributed by atoms with Crippen molar-refractivity contribution in [2.75, 3.05) is 13.1 Å². The Bertz CT molecular complexity index is 529. The maximum Gasteiger partial charge on any atom is 0.406 e. The Hall–Kier alpha value is -2.45. The van der Waals surface area contributed by atoms with Crippen molar-refractivity contribution in [1.82, 2.24) is 4.90 Å². The Morgan fingerprint density at radius 2 is 1.75 bits per heavy atom. The van der Waals surface area contributed by atoms with Gasteiger partial charge in [-0.05, 0) is 18.2 Å². The Morgan fingerprint density at radius 3 is 2.20 bits per heavy atom. The first-order valence-electron chi connectivity index (χ1n) is 5.20. The molecule has 0 aliphatic heterocycles. The number of halogens is 3. The lowest BCUT2D eigenvalue weighted by Gasteiger charge is -2.22. The van der Waals surface area contributed by atoms with E-state index in [0.29, 0.717) is 0 Å². The fourth-order valence-electron chi connectivity index (χ4n) is 1.42. The van der Waals surface area contributed by atoms with Gasteiger partial charge >= 0.3 is 12.1 Å². The topological polar surface area (TPSA) is 98.1 Å². The van der Waals surface area contributed by atoms with Crippen LogP contribution in [-0.4, -0.2) is 51.4 Å². The van der Waals surface area contributed by atoms with Gasteiger partial charge in [0.2, 0.25) is 0 Å². The summed E-state index contributed by atoms with van der Waals surface area (Å²) in [5.74, 6) is -4.08. The molecule has 0 unspecified atom stereocenters. The molecule has 1 aromatic carbocycles. The lowest BCUT2D eigenvalue weighted by molar-refractivity contribution is -0.149. The van der Waals surface area contributed by atoms with Crippen LogP contribution in [0.4, 0.5) is 13.2 Å². The lowest BCUT2D eigenvalue weighted by Crippen LogP contribution is -2.42. The Morgan fingerprint density at radius 1 is 1.15 bits per heavy atom. The van der Waals surface area contributed by atoms with Crippen LogP contribution >= 0.6 is 0 Å². The highest BCUT2D eigenvalue weighted by Crippen LogP contribution is 2.26. The number of alkyl halides is 3. The van der Waals surface area contributed by atoms with Crippen LogP contribution < -0.4 is 0 Å². The highest BCUT2D eigenvalue weighted by atomic mass is 19.4. The molecule has 0 fully saturated rings. The van der Waals surface area contributed by atoms with E-state index < -0.39 is 42.6 Å². The molecule has 20 heavy (non-hydrogen) atoms. The zero-order valence-corrected chi connectivity index (χ0v) is 9.89. The molecule has 0 saturated heterocycles. The molecule has 0 atom stereocenters. The second-order valence-corrected chi connectivity index (χ2v) is 3.87. The van der Waals surface area contributed by atoms with E-state index in [0.717, 1.165) is 18.2 Å². The molecule has 0 bridgehead atoms. The summed E-state index contributed by atoms with van der Waals surface area (Å²) in [6.45, 7) is -2.88. The number of benzene rings is 1.